The van der Waals surface area contributed by atoms with Crippen LogP contribution in [0.15, 0.2) is 55.1 Å². The molecular weight excluding hydrogens is 334 g/mol. The van der Waals surface area contributed by atoms with Crippen molar-refractivity contribution < 1.29 is 0 Å². The third-order valence-corrected chi connectivity index (χ3v) is 5.53. The molecule has 0 spiro atoms. The van der Waals surface area contributed by atoms with Crippen molar-refractivity contribution in [3.05, 3.63) is 72.1 Å². The van der Waals surface area contributed by atoms with Crippen LogP contribution in [0, 0.1) is 0 Å². The van der Waals surface area contributed by atoms with Crippen molar-refractivity contribution >= 4 is 0 Å². The van der Waals surface area contributed by atoms with Gasteiger partial charge in [0.2, 0.25) is 0 Å². The molecule has 1 saturated heterocycles. The number of hydrogen-bond donors (Lipinski definition) is 0. The summed E-state index contributed by atoms with van der Waals surface area (Å²) in [6, 6.07) is 11.2. The fraction of sp³-hybridized carbons (Fsp3) is 0.455. The maximum absolute atomic E-state index is 4.69. The lowest BCUT2D eigenvalue weighted by Crippen LogP contribution is -2.35. The smallest absolute Gasteiger partial charge is 0.113 e. The van der Waals surface area contributed by atoms with E-state index in [2.05, 4.69) is 58.9 Å². The number of likely N-dealkylation sites (tertiary alicyclic amines) is 1. The second kappa shape index (κ2) is 8.09. The molecule has 27 heavy (non-hydrogen) atoms. The van der Waals surface area contributed by atoms with Crippen LogP contribution in [-0.2, 0) is 13.1 Å². The molecule has 3 heterocycles. The molecule has 1 unspecified atom stereocenters. The zero-order chi connectivity index (χ0) is 18.6. The van der Waals surface area contributed by atoms with Gasteiger partial charge in [0.05, 0.1) is 6.54 Å². The predicted octanol–water partition coefficient (Wildman–Crippen LogP) is 4.09. The zero-order valence-corrected chi connectivity index (χ0v) is 16.3. The van der Waals surface area contributed by atoms with E-state index in [1.165, 1.54) is 29.8 Å². The van der Waals surface area contributed by atoms with Crippen LogP contribution in [0.5, 0.6) is 0 Å². The summed E-state index contributed by atoms with van der Waals surface area (Å²) in [7, 11) is 0. The van der Waals surface area contributed by atoms with Crippen molar-refractivity contribution in [3.8, 4) is 0 Å². The van der Waals surface area contributed by atoms with Crippen molar-refractivity contribution in [1.29, 1.82) is 0 Å². The van der Waals surface area contributed by atoms with E-state index in [-0.39, 0.29) is 0 Å². The summed E-state index contributed by atoms with van der Waals surface area (Å²) in [5, 5.41) is 4.36. The normalized spacial score (nSPS) is 18.3. The van der Waals surface area contributed by atoms with Gasteiger partial charge in [0.25, 0.3) is 0 Å². The third-order valence-electron chi connectivity index (χ3n) is 5.53. The van der Waals surface area contributed by atoms with Crippen LogP contribution in [0.25, 0.3) is 0 Å². The second-order valence-corrected chi connectivity index (χ2v) is 7.83. The average molecular weight is 364 g/mol. The van der Waals surface area contributed by atoms with Crippen LogP contribution in [0.3, 0.4) is 0 Å². The first-order chi connectivity index (χ1) is 13.2. The molecule has 142 valence electrons. The summed E-state index contributed by atoms with van der Waals surface area (Å²) < 4.78 is 4.33. The summed E-state index contributed by atoms with van der Waals surface area (Å²) in [6.07, 6.45) is 10.4. The van der Waals surface area contributed by atoms with Crippen LogP contribution < -0.4 is 0 Å². The summed E-state index contributed by atoms with van der Waals surface area (Å²) in [4.78, 5) is 7.29. The summed E-state index contributed by atoms with van der Waals surface area (Å²) in [6.45, 7) is 8.54. The summed E-state index contributed by atoms with van der Waals surface area (Å²) in [5.74, 6) is 1.77. The predicted molar refractivity (Wildman–Crippen MR) is 108 cm³/mol. The molecule has 1 fully saturated rings. The van der Waals surface area contributed by atoms with E-state index in [1.54, 1.807) is 0 Å². The molecule has 0 amide bonds. The Morgan fingerprint density at radius 2 is 1.85 bits per heavy atom. The van der Waals surface area contributed by atoms with Crippen LogP contribution in [0.2, 0.25) is 0 Å². The molecular formula is C22H29N5. The molecule has 1 aromatic carbocycles. The number of imidazole rings is 1. The van der Waals surface area contributed by atoms with Gasteiger partial charge in [-0.3, -0.25) is 9.58 Å². The zero-order valence-electron chi connectivity index (χ0n) is 16.3. The van der Waals surface area contributed by atoms with Crippen molar-refractivity contribution in [2.45, 2.75) is 51.7 Å². The van der Waals surface area contributed by atoms with Gasteiger partial charge in [-0.25, -0.2) is 4.98 Å². The van der Waals surface area contributed by atoms with Gasteiger partial charge < -0.3 is 4.57 Å². The lowest BCUT2D eigenvalue weighted by atomic mass is 9.96. The Hall–Kier alpha value is -2.40. The number of nitrogens with zero attached hydrogens (tertiary/aromatic N) is 5. The van der Waals surface area contributed by atoms with E-state index in [0.717, 1.165) is 26.2 Å². The first-order valence-electron chi connectivity index (χ1n) is 10.00. The molecule has 1 aliphatic heterocycles. The molecule has 1 atom stereocenters. The minimum absolute atomic E-state index is 0.465. The summed E-state index contributed by atoms with van der Waals surface area (Å²) in [5.41, 5.74) is 2.76. The van der Waals surface area contributed by atoms with Gasteiger partial charge >= 0.3 is 0 Å². The monoisotopic (exact) mass is 363 g/mol. The Balaban J connectivity index is 1.48. The maximum atomic E-state index is 4.69. The largest absolute Gasteiger partial charge is 0.332 e. The van der Waals surface area contributed by atoms with Crippen LogP contribution in [-0.4, -0.2) is 37.3 Å². The van der Waals surface area contributed by atoms with E-state index in [9.17, 15) is 0 Å². The first-order valence-corrected chi connectivity index (χ1v) is 10.00. The highest BCUT2D eigenvalue weighted by Crippen LogP contribution is 2.28. The molecule has 0 bridgehead atoms. The Kier molecular flexibility index (Phi) is 5.39. The quantitative estimate of drug-likeness (QED) is 0.662. The molecule has 4 rings (SSSR count). The van der Waals surface area contributed by atoms with Gasteiger partial charge in [0.15, 0.2) is 0 Å². The molecule has 0 aliphatic carbocycles. The Labute approximate surface area is 161 Å². The number of hydrogen-bond acceptors (Lipinski definition) is 3. The van der Waals surface area contributed by atoms with Gasteiger partial charge in [0, 0.05) is 49.8 Å². The SMILES string of the molecule is CC(C)n1ccnc1C1CCCN(Cc2ccccc2Cn2cccn2)C1. The topological polar surface area (TPSA) is 38.9 Å². The van der Waals surface area contributed by atoms with Crippen molar-refractivity contribution in [2.75, 3.05) is 13.1 Å². The van der Waals surface area contributed by atoms with Crippen LogP contribution in [0.4, 0.5) is 0 Å². The summed E-state index contributed by atoms with van der Waals surface area (Å²) >= 11 is 0. The Morgan fingerprint density at radius 3 is 2.59 bits per heavy atom. The van der Waals surface area contributed by atoms with Gasteiger partial charge in [-0.2, -0.15) is 5.10 Å². The Morgan fingerprint density at radius 1 is 1.04 bits per heavy atom. The minimum Gasteiger partial charge on any atom is -0.332 e. The molecule has 0 N–H and O–H groups in total. The van der Waals surface area contributed by atoms with Crippen LogP contribution in [0.1, 0.15) is 55.6 Å². The van der Waals surface area contributed by atoms with Gasteiger partial charge in [0.1, 0.15) is 5.82 Å². The van der Waals surface area contributed by atoms with E-state index in [1.807, 2.05) is 29.3 Å². The maximum Gasteiger partial charge on any atom is 0.113 e. The van der Waals surface area contributed by atoms with E-state index in [0.29, 0.717) is 12.0 Å². The molecule has 2 aromatic heterocycles. The molecule has 3 aromatic rings. The number of aromatic nitrogens is 4. The van der Waals surface area contributed by atoms with Crippen LogP contribution >= 0.6 is 0 Å². The van der Waals surface area contributed by atoms with Gasteiger partial charge in [-0.05, 0) is 50.4 Å². The Bertz CT molecular complexity index is 849. The molecule has 0 radical (unpaired) electrons. The van der Waals surface area contributed by atoms with E-state index in [4.69, 9.17) is 4.98 Å². The molecule has 5 nitrogen and oxygen atoms in total. The van der Waals surface area contributed by atoms with Crippen molar-refractivity contribution in [3.63, 3.8) is 0 Å². The van der Waals surface area contributed by atoms with Gasteiger partial charge in [-0.1, -0.05) is 24.3 Å². The fourth-order valence-corrected chi connectivity index (χ4v) is 4.16. The highest BCUT2D eigenvalue weighted by atomic mass is 15.3. The second-order valence-electron chi connectivity index (χ2n) is 7.83. The van der Waals surface area contributed by atoms with Crippen molar-refractivity contribution in [2.24, 2.45) is 0 Å². The lowest BCUT2D eigenvalue weighted by molar-refractivity contribution is 0.193. The standard InChI is InChI=1S/C22H29N5/c1-18(2)27-14-11-23-22(27)21-9-5-12-25(16-21)15-19-7-3-4-8-20(19)17-26-13-6-10-24-26/h3-4,6-8,10-11,13-14,18,21H,5,9,12,15-17H2,1-2H3. The lowest BCUT2D eigenvalue weighted by Gasteiger charge is -2.33. The minimum atomic E-state index is 0.465. The third kappa shape index (κ3) is 4.14. The average Bonchev–Trinajstić information content (AvgIpc) is 3.35. The molecule has 5 heteroatoms. The van der Waals surface area contributed by atoms with Crippen molar-refractivity contribution in [1.82, 2.24) is 24.2 Å². The highest BCUT2D eigenvalue weighted by Gasteiger charge is 2.25. The van der Waals surface area contributed by atoms with E-state index >= 15 is 0 Å². The number of rotatable bonds is 6. The number of benzene rings is 1. The first kappa shape index (κ1) is 18.0. The van der Waals surface area contributed by atoms with Gasteiger partial charge in [-0.15, -0.1) is 0 Å². The fourth-order valence-electron chi connectivity index (χ4n) is 4.16. The number of piperidine rings is 1. The highest BCUT2D eigenvalue weighted by molar-refractivity contribution is 5.27. The van der Waals surface area contributed by atoms with E-state index < -0.39 is 0 Å². The molecule has 0 saturated carbocycles. The molecule has 1 aliphatic rings.